The van der Waals surface area contributed by atoms with E-state index < -0.39 is 6.10 Å². The van der Waals surface area contributed by atoms with Crippen LogP contribution in [0.4, 0.5) is 9.52 Å². The Balaban J connectivity index is 1.59. The number of aliphatic hydroxyl groups excluding tert-OH is 1. The van der Waals surface area contributed by atoms with Crippen molar-refractivity contribution < 1.29 is 14.3 Å². The number of aryl methyl sites for hydroxylation is 1. The molecule has 6 heteroatoms. The van der Waals surface area contributed by atoms with Gasteiger partial charge in [0.1, 0.15) is 5.82 Å². The summed E-state index contributed by atoms with van der Waals surface area (Å²) in [7, 11) is 0. The number of nitrogens with one attached hydrogen (secondary N) is 1. The van der Waals surface area contributed by atoms with Crippen LogP contribution in [0.2, 0.25) is 0 Å². The number of carbonyl (C=O) groups is 1. The summed E-state index contributed by atoms with van der Waals surface area (Å²) in [6, 6.07) is 15.4. The van der Waals surface area contributed by atoms with Crippen LogP contribution in [-0.4, -0.2) is 16.0 Å². The van der Waals surface area contributed by atoms with Crippen LogP contribution in [0.5, 0.6) is 0 Å². The second kappa shape index (κ2) is 8.21. The molecule has 1 amide bonds. The molecule has 4 nitrogen and oxygen atoms in total. The normalized spacial score (nSPS) is 12.0. The van der Waals surface area contributed by atoms with E-state index in [4.69, 9.17) is 0 Å². The van der Waals surface area contributed by atoms with Crippen LogP contribution in [0.1, 0.15) is 29.4 Å². The monoisotopic (exact) mass is 370 g/mol. The molecule has 1 aromatic heterocycles. The molecule has 1 atom stereocenters. The van der Waals surface area contributed by atoms with Crippen LogP contribution in [-0.2, 0) is 4.79 Å². The summed E-state index contributed by atoms with van der Waals surface area (Å²) in [5.74, 6) is -0.494. The first-order valence-corrected chi connectivity index (χ1v) is 9.11. The minimum Gasteiger partial charge on any atom is -0.388 e. The van der Waals surface area contributed by atoms with Crippen molar-refractivity contribution in [2.24, 2.45) is 0 Å². The Morgan fingerprint density at radius 2 is 1.88 bits per heavy atom. The average Bonchev–Trinajstić information content (AvgIpc) is 3.01. The Labute approximate surface area is 155 Å². The average molecular weight is 370 g/mol. The van der Waals surface area contributed by atoms with Gasteiger partial charge in [-0.1, -0.05) is 30.3 Å². The fraction of sp³-hybridized carbons (Fsp3) is 0.200. The third-order valence-corrected chi connectivity index (χ3v) is 4.88. The topological polar surface area (TPSA) is 62.2 Å². The maximum Gasteiger partial charge on any atom is 0.226 e. The molecule has 0 saturated heterocycles. The molecule has 0 bridgehead atoms. The molecule has 2 aromatic carbocycles. The lowest BCUT2D eigenvalue weighted by molar-refractivity contribution is -0.116. The van der Waals surface area contributed by atoms with Crippen molar-refractivity contribution in [2.45, 2.75) is 25.9 Å². The molecule has 3 rings (SSSR count). The van der Waals surface area contributed by atoms with Crippen molar-refractivity contribution in [1.82, 2.24) is 4.98 Å². The summed E-state index contributed by atoms with van der Waals surface area (Å²) >= 11 is 1.37. The van der Waals surface area contributed by atoms with E-state index in [-0.39, 0.29) is 18.1 Å². The van der Waals surface area contributed by atoms with Gasteiger partial charge in [-0.05, 0) is 43.2 Å². The zero-order chi connectivity index (χ0) is 18.5. The van der Waals surface area contributed by atoms with Gasteiger partial charge in [0, 0.05) is 16.9 Å². The first-order chi connectivity index (χ1) is 12.5. The molecule has 1 heterocycles. The van der Waals surface area contributed by atoms with E-state index in [1.165, 1.54) is 23.5 Å². The van der Waals surface area contributed by atoms with Gasteiger partial charge in [-0.2, -0.15) is 0 Å². The highest BCUT2D eigenvalue weighted by molar-refractivity contribution is 7.16. The second-order valence-electron chi connectivity index (χ2n) is 5.94. The number of nitrogens with zero attached hydrogens (tertiary/aromatic N) is 1. The SMILES string of the molecule is Cc1sc(NC(=O)CCC(O)c2ccccc2)nc1-c1ccc(F)cc1. The predicted octanol–water partition coefficient (Wildman–Crippen LogP) is 4.71. The van der Waals surface area contributed by atoms with Crippen molar-refractivity contribution in [1.29, 1.82) is 0 Å². The Morgan fingerprint density at radius 3 is 2.58 bits per heavy atom. The molecule has 0 radical (unpaired) electrons. The molecule has 2 N–H and O–H groups in total. The Bertz CT molecular complexity index is 879. The number of amides is 1. The smallest absolute Gasteiger partial charge is 0.226 e. The first kappa shape index (κ1) is 18.2. The number of aliphatic hydroxyl groups is 1. The van der Waals surface area contributed by atoms with E-state index in [0.717, 1.165) is 21.7 Å². The zero-order valence-corrected chi connectivity index (χ0v) is 15.1. The van der Waals surface area contributed by atoms with Gasteiger partial charge in [-0.3, -0.25) is 4.79 Å². The highest BCUT2D eigenvalue weighted by Gasteiger charge is 2.14. The van der Waals surface area contributed by atoms with Crippen molar-refractivity contribution in [3.05, 3.63) is 70.9 Å². The maximum absolute atomic E-state index is 13.1. The molecule has 3 aromatic rings. The van der Waals surface area contributed by atoms with Crippen molar-refractivity contribution in [3.63, 3.8) is 0 Å². The fourth-order valence-corrected chi connectivity index (χ4v) is 3.47. The summed E-state index contributed by atoms with van der Waals surface area (Å²) in [6.45, 7) is 1.91. The quantitative estimate of drug-likeness (QED) is 0.660. The van der Waals surface area contributed by atoms with Crippen molar-refractivity contribution in [3.8, 4) is 11.3 Å². The van der Waals surface area contributed by atoms with Gasteiger partial charge in [0.25, 0.3) is 0 Å². The highest BCUT2D eigenvalue weighted by Crippen LogP contribution is 2.30. The lowest BCUT2D eigenvalue weighted by Gasteiger charge is -2.10. The number of hydrogen-bond acceptors (Lipinski definition) is 4. The van der Waals surface area contributed by atoms with Gasteiger partial charge in [0.15, 0.2) is 5.13 Å². The van der Waals surface area contributed by atoms with Gasteiger partial charge in [-0.25, -0.2) is 9.37 Å². The number of benzene rings is 2. The zero-order valence-electron chi connectivity index (χ0n) is 14.3. The van der Waals surface area contributed by atoms with Crippen molar-refractivity contribution >= 4 is 22.4 Å². The van der Waals surface area contributed by atoms with E-state index in [0.29, 0.717) is 11.6 Å². The molecule has 0 saturated carbocycles. The van der Waals surface area contributed by atoms with Crippen LogP contribution in [0.25, 0.3) is 11.3 Å². The number of anilines is 1. The minimum absolute atomic E-state index is 0.195. The molecule has 134 valence electrons. The number of thiazole rings is 1. The van der Waals surface area contributed by atoms with E-state index >= 15 is 0 Å². The fourth-order valence-electron chi connectivity index (χ4n) is 2.62. The largest absolute Gasteiger partial charge is 0.388 e. The van der Waals surface area contributed by atoms with Crippen molar-refractivity contribution in [2.75, 3.05) is 5.32 Å². The first-order valence-electron chi connectivity index (χ1n) is 8.29. The van der Waals surface area contributed by atoms with Crippen LogP contribution in [0, 0.1) is 12.7 Å². The van der Waals surface area contributed by atoms with Crippen LogP contribution in [0.15, 0.2) is 54.6 Å². The summed E-state index contributed by atoms with van der Waals surface area (Å²) < 4.78 is 13.1. The van der Waals surface area contributed by atoms with E-state index in [1.807, 2.05) is 37.3 Å². The van der Waals surface area contributed by atoms with Gasteiger partial charge in [0.05, 0.1) is 11.8 Å². The molecular formula is C20H19FN2O2S. The summed E-state index contributed by atoms with van der Waals surface area (Å²) in [5.41, 5.74) is 2.33. The number of rotatable bonds is 6. The summed E-state index contributed by atoms with van der Waals surface area (Å²) in [4.78, 5) is 17.5. The molecule has 0 fully saturated rings. The molecule has 1 unspecified atom stereocenters. The van der Waals surface area contributed by atoms with Crippen LogP contribution in [0.3, 0.4) is 0 Å². The third kappa shape index (κ3) is 4.53. The number of carbonyl (C=O) groups excluding carboxylic acids is 1. The highest BCUT2D eigenvalue weighted by atomic mass is 32.1. The van der Waals surface area contributed by atoms with Crippen LogP contribution < -0.4 is 5.32 Å². The van der Waals surface area contributed by atoms with Gasteiger partial charge in [-0.15, -0.1) is 11.3 Å². The Morgan fingerprint density at radius 1 is 1.19 bits per heavy atom. The van der Waals surface area contributed by atoms with E-state index in [1.54, 1.807) is 12.1 Å². The molecule has 0 aliphatic carbocycles. The Kier molecular flexibility index (Phi) is 5.75. The summed E-state index contributed by atoms with van der Waals surface area (Å²) in [5, 5.41) is 13.4. The lowest BCUT2D eigenvalue weighted by Crippen LogP contribution is -2.12. The minimum atomic E-state index is -0.672. The molecular weight excluding hydrogens is 351 g/mol. The Hall–Kier alpha value is -2.57. The standard InChI is InChI=1S/C20H19FN2O2S/c1-13-19(15-7-9-16(21)10-8-15)23-20(26-13)22-18(25)12-11-17(24)14-5-3-2-4-6-14/h2-10,17,24H,11-12H2,1H3,(H,22,23,25). The molecule has 26 heavy (non-hydrogen) atoms. The lowest BCUT2D eigenvalue weighted by atomic mass is 10.1. The molecule has 0 aliphatic heterocycles. The second-order valence-corrected chi connectivity index (χ2v) is 7.15. The van der Waals surface area contributed by atoms with E-state index in [2.05, 4.69) is 10.3 Å². The third-order valence-electron chi connectivity index (χ3n) is 3.99. The number of aromatic nitrogens is 1. The number of halogens is 1. The molecule has 0 aliphatic rings. The number of hydrogen-bond donors (Lipinski definition) is 2. The van der Waals surface area contributed by atoms with Crippen LogP contribution >= 0.6 is 11.3 Å². The van der Waals surface area contributed by atoms with E-state index in [9.17, 15) is 14.3 Å². The predicted molar refractivity (Wildman–Crippen MR) is 102 cm³/mol. The van der Waals surface area contributed by atoms with Gasteiger partial charge < -0.3 is 10.4 Å². The molecule has 0 spiro atoms. The summed E-state index contributed by atoms with van der Waals surface area (Å²) in [6.07, 6.45) is -0.138. The van der Waals surface area contributed by atoms with Gasteiger partial charge in [0.2, 0.25) is 5.91 Å². The maximum atomic E-state index is 13.1. The van der Waals surface area contributed by atoms with Gasteiger partial charge >= 0.3 is 0 Å².